The molecule has 1 amide bonds. The van der Waals surface area contributed by atoms with Crippen molar-refractivity contribution in [2.24, 2.45) is 11.8 Å². The fourth-order valence-electron chi connectivity index (χ4n) is 2.81. The van der Waals surface area contributed by atoms with Gasteiger partial charge in [-0.2, -0.15) is 0 Å². The van der Waals surface area contributed by atoms with Gasteiger partial charge in [-0.05, 0) is 37.5 Å². The van der Waals surface area contributed by atoms with Crippen molar-refractivity contribution in [2.45, 2.75) is 57.4 Å². The van der Waals surface area contributed by atoms with Crippen molar-refractivity contribution in [3.63, 3.8) is 0 Å². The second-order valence-corrected chi connectivity index (χ2v) is 6.02. The van der Waals surface area contributed by atoms with Gasteiger partial charge >= 0.3 is 0 Å². The zero-order chi connectivity index (χ0) is 11.4. The van der Waals surface area contributed by atoms with E-state index >= 15 is 0 Å². The summed E-state index contributed by atoms with van der Waals surface area (Å²) in [6, 6.07) is 0.431. The largest absolute Gasteiger partial charge is 0.353 e. The van der Waals surface area contributed by atoms with Gasteiger partial charge in [-0.25, -0.2) is 0 Å². The van der Waals surface area contributed by atoms with Crippen LogP contribution in [-0.4, -0.2) is 17.3 Å². The van der Waals surface area contributed by atoms with Crippen molar-refractivity contribution >= 4 is 21.8 Å². The molecule has 1 N–H and O–H groups in total. The minimum Gasteiger partial charge on any atom is -0.353 e. The molecule has 0 aromatic heterocycles. The predicted molar refractivity (Wildman–Crippen MR) is 69.6 cm³/mol. The Balaban J connectivity index is 1.75. The second kappa shape index (κ2) is 6.04. The number of carbonyl (C=O) groups is 1. The van der Waals surface area contributed by atoms with Gasteiger partial charge in [-0.15, -0.1) is 0 Å². The first kappa shape index (κ1) is 12.4. The van der Waals surface area contributed by atoms with E-state index in [0.29, 0.717) is 23.8 Å². The molecule has 92 valence electrons. The van der Waals surface area contributed by atoms with E-state index < -0.39 is 0 Å². The van der Waals surface area contributed by atoms with Crippen LogP contribution in [0.3, 0.4) is 0 Å². The van der Waals surface area contributed by atoms with Gasteiger partial charge in [0, 0.05) is 17.8 Å². The van der Waals surface area contributed by atoms with E-state index in [1.165, 1.54) is 44.9 Å². The molecule has 0 aromatic rings. The van der Waals surface area contributed by atoms with E-state index in [0.717, 1.165) is 11.8 Å². The molecule has 0 radical (unpaired) electrons. The number of hydrogen-bond acceptors (Lipinski definition) is 1. The van der Waals surface area contributed by atoms with Crippen LogP contribution in [0.1, 0.15) is 51.4 Å². The summed E-state index contributed by atoms with van der Waals surface area (Å²) < 4.78 is 0. The minimum atomic E-state index is 0.294. The molecule has 0 spiro atoms. The third-order valence-electron chi connectivity index (χ3n) is 4.15. The number of halogens is 1. The summed E-state index contributed by atoms with van der Waals surface area (Å²) in [5.74, 6) is 1.63. The Hall–Kier alpha value is -0.0500. The first-order valence-electron chi connectivity index (χ1n) is 6.65. The molecule has 16 heavy (non-hydrogen) atoms. The van der Waals surface area contributed by atoms with E-state index in [-0.39, 0.29) is 0 Å². The van der Waals surface area contributed by atoms with Crippen LogP contribution in [0.2, 0.25) is 0 Å². The summed E-state index contributed by atoms with van der Waals surface area (Å²) in [7, 11) is 0. The molecule has 2 aliphatic rings. The zero-order valence-electron chi connectivity index (χ0n) is 9.88. The fourth-order valence-corrected chi connectivity index (χ4v) is 3.58. The van der Waals surface area contributed by atoms with Gasteiger partial charge in [0.1, 0.15) is 0 Å². The van der Waals surface area contributed by atoms with Crippen LogP contribution in [0.4, 0.5) is 0 Å². The highest BCUT2D eigenvalue weighted by Crippen LogP contribution is 2.30. The molecule has 2 rings (SSSR count). The average molecular weight is 288 g/mol. The van der Waals surface area contributed by atoms with E-state index in [9.17, 15) is 4.79 Å². The molecule has 2 saturated carbocycles. The van der Waals surface area contributed by atoms with Crippen LogP contribution in [0.5, 0.6) is 0 Å². The first-order valence-corrected chi connectivity index (χ1v) is 7.77. The number of alkyl halides is 1. The van der Waals surface area contributed by atoms with Gasteiger partial charge < -0.3 is 5.32 Å². The van der Waals surface area contributed by atoms with Crippen LogP contribution in [0, 0.1) is 11.8 Å². The Morgan fingerprint density at radius 2 is 1.88 bits per heavy atom. The number of amides is 1. The second-order valence-electron chi connectivity index (χ2n) is 5.37. The van der Waals surface area contributed by atoms with Crippen molar-refractivity contribution in [3.8, 4) is 0 Å². The molecule has 0 aliphatic heterocycles. The monoisotopic (exact) mass is 287 g/mol. The average Bonchev–Trinajstić information content (AvgIpc) is 2.24. The maximum Gasteiger partial charge on any atom is 0.220 e. The lowest BCUT2D eigenvalue weighted by atomic mass is 9.82. The van der Waals surface area contributed by atoms with Crippen molar-refractivity contribution in [1.82, 2.24) is 5.32 Å². The maximum atomic E-state index is 11.8. The van der Waals surface area contributed by atoms with Gasteiger partial charge in [-0.3, -0.25) is 4.79 Å². The molecule has 2 aliphatic carbocycles. The van der Waals surface area contributed by atoms with E-state index in [1.807, 2.05) is 0 Å². The molecule has 2 unspecified atom stereocenters. The molecule has 2 atom stereocenters. The first-order chi connectivity index (χ1) is 7.79. The van der Waals surface area contributed by atoms with E-state index in [1.54, 1.807) is 0 Å². The highest BCUT2D eigenvalue weighted by molar-refractivity contribution is 9.09. The summed E-state index contributed by atoms with van der Waals surface area (Å²) in [5.41, 5.74) is 0. The quantitative estimate of drug-likeness (QED) is 0.790. The maximum absolute atomic E-state index is 11.8. The molecular formula is C13H22BrNO. The fraction of sp³-hybridized carbons (Fsp3) is 0.923. The third kappa shape index (κ3) is 3.22. The molecule has 0 bridgehead atoms. The standard InChI is InChI=1S/C13H22BrNO/c14-9-11-6-1-2-7-12(11)15-13(16)8-10-4-3-5-10/h10-12H,1-9H2,(H,15,16). The summed E-state index contributed by atoms with van der Waals surface area (Å²) in [4.78, 5) is 11.8. The molecule has 3 heteroatoms. The van der Waals surface area contributed by atoms with Gasteiger partial charge in [-0.1, -0.05) is 35.2 Å². The smallest absolute Gasteiger partial charge is 0.220 e. The van der Waals surface area contributed by atoms with Crippen molar-refractivity contribution in [2.75, 3.05) is 5.33 Å². The summed E-state index contributed by atoms with van der Waals surface area (Å²) in [5, 5.41) is 4.28. The molecule has 0 heterocycles. The van der Waals surface area contributed by atoms with Gasteiger partial charge in [0.25, 0.3) is 0 Å². The summed E-state index contributed by atoms with van der Waals surface area (Å²) >= 11 is 3.57. The van der Waals surface area contributed by atoms with Crippen molar-refractivity contribution in [3.05, 3.63) is 0 Å². The van der Waals surface area contributed by atoms with Crippen LogP contribution in [-0.2, 0) is 4.79 Å². The van der Waals surface area contributed by atoms with Crippen molar-refractivity contribution in [1.29, 1.82) is 0 Å². The summed E-state index contributed by atoms with van der Waals surface area (Å²) in [6.07, 6.45) is 9.66. The lowest BCUT2D eigenvalue weighted by Gasteiger charge is -2.32. The van der Waals surface area contributed by atoms with Crippen LogP contribution in [0.15, 0.2) is 0 Å². The number of carbonyl (C=O) groups excluding carboxylic acids is 1. The SMILES string of the molecule is O=C(CC1CCC1)NC1CCCCC1CBr. The Bertz CT molecular complexity index is 240. The number of nitrogens with one attached hydrogen (secondary N) is 1. The lowest BCUT2D eigenvalue weighted by molar-refractivity contribution is -0.123. The van der Waals surface area contributed by atoms with Gasteiger partial charge in [0.2, 0.25) is 5.91 Å². The molecule has 0 aromatic carbocycles. The third-order valence-corrected chi connectivity index (χ3v) is 4.98. The van der Waals surface area contributed by atoms with E-state index in [2.05, 4.69) is 21.2 Å². The molecule has 0 saturated heterocycles. The van der Waals surface area contributed by atoms with Crippen molar-refractivity contribution < 1.29 is 4.79 Å². The zero-order valence-corrected chi connectivity index (χ0v) is 11.5. The Kier molecular flexibility index (Phi) is 4.68. The Morgan fingerprint density at radius 1 is 1.12 bits per heavy atom. The highest BCUT2D eigenvalue weighted by Gasteiger charge is 2.27. The van der Waals surface area contributed by atoms with Crippen LogP contribution >= 0.6 is 15.9 Å². The molecular weight excluding hydrogens is 266 g/mol. The molecule has 2 fully saturated rings. The lowest BCUT2D eigenvalue weighted by Crippen LogP contribution is -2.43. The number of rotatable bonds is 4. The van der Waals surface area contributed by atoms with Gasteiger partial charge in [0.15, 0.2) is 0 Å². The highest BCUT2D eigenvalue weighted by atomic mass is 79.9. The Morgan fingerprint density at radius 3 is 2.50 bits per heavy atom. The van der Waals surface area contributed by atoms with Gasteiger partial charge in [0.05, 0.1) is 0 Å². The number of hydrogen-bond donors (Lipinski definition) is 1. The minimum absolute atomic E-state index is 0.294. The van der Waals surface area contributed by atoms with Crippen LogP contribution in [0.25, 0.3) is 0 Å². The van der Waals surface area contributed by atoms with Crippen LogP contribution < -0.4 is 5.32 Å². The normalized spacial score (nSPS) is 30.8. The topological polar surface area (TPSA) is 29.1 Å². The van der Waals surface area contributed by atoms with E-state index in [4.69, 9.17) is 0 Å². The molecule has 2 nitrogen and oxygen atoms in total. The Labute approximate surface area is 107 Å². The summed E-state index contributed by atoms with van der Waals surface area (Å²) in [6.45, 7) is 0. The predicted octanol–water partition coefficient (Wildman–Crippen LogP) is 3.25.